The summed E-state index contributed by atoms with van der Waals surface area (Å²) < 4.78 is 18.4. The van der Waals surface area contributed by atoms with Crippen LogP contribution in [0.2, 0.25) is 0 Å². The van der Waals surface area contributed by atoms with E-state index in [1.165, 1.54) is 19.2 Å². The van der Waals surface area contributed by atoms with Gasteiger partial charge in [-0.1, -0.05) is 34.1 Å². The Balaban J connectivity index is 2.17. The van der Waals surface area contributed by atoms with Crippen LogP contribution in [0.5, 0.6) is 0 Å². The Labute approximate surface area is 124 Å². The lowest BCUT2D eigenvalue weighted by Crippen LogP contribution is -2.08. The maximum atomic E-state index is 13.0. The van der Waals surface area contributed by atoms with E-state index in [2.05, 4.69) is 21.2 Å². The minimum absolute atomic E-state index is 0.296. The fourth-order valence-electron chi connectivity index (χ4n) is 1.78. The first-order valence-electron chi connectivity index (χ1n) is 5.97. The van der Waals surface area contributed by atoms with Crippen LogP contribution >= 0.6 is 15.9 Å². The Hall–Kier alpha value is -1.88. The zero-order chi connectivity index (χ0) is 14.5. The molecule has 0 spiro atoms. The predicted octanol–water partition coefficient (Wildman–Crippen LogP) is 3.99. The number of carbonyl (C=O) groups is 1. The molecular formula is C15H13BrFNO2. The van der Waals surface area contributed by atoms with Gasteiger partial charge in [-0.15, -0.1) is 0 Å². The molecule has 0 fully saturated rings. The lowest BCUT2D eigenvalue weighted by molar-refractivity contribution is 0.0602. The number of hydrogen-bond donors (Lipinski definition) is 1. The second-order valence-corrected chi connectivity index (χ2v) is 4.98. The number of benzene rings is 2. The van der Waals surface area contributed by atoms with Gasteiger partial charge in [0.15, 0.2) is 0 Å². The molecule has 0 saturated heterocycles. The third-order valence-electron chi connectivity index (χ3n) is 2.82. The van der Waals surface area contributed by atoms with E-state index >= 15 is 0 Å². The highest BCUT2D eigenvalue weighted by Crippen LogP contribution is 2.21. The van der Waals surface area contributed by atoms with E-state index < -0.39 is 5.97 Å². The van der Waals surface area contributed by atoms with Gasteiger partial charge in [-0.3, -0.25) is 0 Å². The summed E-state index contributed by atoms with van der Waals surface area (Å²) in [6.45, 7) is 0.467. The monoisotopic (exact) mass is 337 g/mol. The second kappa shape index (κ2) is 6.52. The molecule has 0 atom stereocenters. The predicted molar refractivity (Wildman–Crippen MR) is 79.2 cm³/mol. The van der Waals surface area contributed by atoms with Crippen molar-refractivity contribution in [3.05, 3.63) is 63.9 Å². The Bertz CT molecular complexity index is 631. The van der Waals surface area contributed by atoms with Gasteiger partial charge in [-0.2, -0.15) is 0 Å². The first kappa shape index (κ1) is 14.5. The van der Waals surface area contributed by atoms with Crippen LogP contribution in [-0.4, -0.2) is 13.1 Å². The Morgan fingerprint density at radius 2 is 2.05 bits per heavy atom. The van der Waals surface area contributed by atoms with Crippen LogP contribution < -0.4 is 5.32 Å². The van der Waals surface area contributed by atoms with Crippen molar-refractivity contribution in [3.63, 3.8) is 0 Å². The van der Waals surface area contributed by atoms with Gasteiger partial charge >= 0.3 is 5.97 Å². The van der Waals surface area contributed by atoms with E-state index in [0.29, 0.717) is 22.3 Å². The van der Waals surface area contributed by atoms with Crippen LogP contribution in [-0.2, 0) is 11.3 Å². The molecule has 1 N–H and O–H groups in total. The highest BCUT2D eigenvalue weighted by Gasteiger charge is 2.11. The maximum Gasteiger partial charge on any atom is 0.339 e. The second-order valence-electron chi connectivity index (χ2n) is 4.13. The maximum absolute atomic E-state index is 13.0. The van der Waals surface area contributed by atoms with E-state index in [1.54, 1.807) is 24.3 Å². The molecule has 0 bridgehead atoms. The van der Waals surface area contributed by atoms with Gasteiger partial charge in [0.05, 0.1) is 12.7 Å². The molecule has 5 heteroatoms. The number of anilines is 1. The van der Waals surface area contributed by atoms with Crippen molar-refractivity contribution in [1.29, 1.82) is 0 Å². The number of carbonyl (C=O) groups excluding carboxylic acids is 1. The summed E-state index contributed by atoms with van der Waals surface area (Å²) in [6.07, 6.45) is 0. The lowest BCUT2D eigenvalue weighted by atomic mass is 10.1. The largest absolute Gasteiger partial charge is 0.465 e. The highest BCUT2D eigenvalue weighted by molar-refractivity contribution is 9.10. The number of nitrogens with one attached hydrogen (secondary N) is 1. The fourth-order valence-corrected chi connectivity index (χ4v) is 2.27. The fraction of sp³-hybridized carbons (Fsp3) is 0.133. The van der Waals surface area contributed by atoms with Gasteiger partial charge in [-0.05, 0) is 29.8 Å². The molecule has 0 aliphatic rings. The molecule has 0 aliphatic heterocycles. The average Bonchev–Trinajstić information content (AvgIpc) is 2.46. The molecule has 0 aromatic heterocycles. The number of rotatable bonds is 4. The summed E-state index contributed by atoms with van der Waals surface area (Å²) in [5.41, 5.74) is 2.04. The molecule has 20 heavy (non-hydrogen) atoms. The van der Waals surface area contributed by atoms with Crippen molar-refractivity contribution < 1.29 is 13.9 Å². The van der Waals surface area contributed by atoms with Crippen molar-refractivity contribution in [3.8, 4) is 0 Å². The quantitative estimate of drug-likeness (QED) is 0.857. The van der Waals surface area contributed by atoms with E-state index in [0.717, 1.165) is 5.56 Å². The molecular weight excluding hydrogens is 325 g/mol. The number of hydrogen-bond acceptors (Lipinski definition) is 3. The lowest BCUT2D eigenvalue weighted by Gasteiger charge is -2.11. The molecule has 0 heterocycles. The molecule has 0 aliphatic carbocycles. The smallest absolute Gasteiger partial charge is 0.339 e. The van der Waals surface area contributed by atoms with Gasteiger partial charge in [0.25, 0.3) is 0 Å². The molecule has 0 saturated carbocycles. The summed E-state index contributed by atoms with van der Waals surface area (Å²) in [4.78, 5) is 11.6. The number of methoxy groups -OCH3 is 1. The Kier molecular flexibility index (Phi) is 4.74. The average molecular weight is 338 g/mol. The summed E-state index contributed by atoms with van der Waals surface area (Å²) in [5.74, 6) is -0.693. The number of esters is 1. The molecule has 3 nitrogen and oxygen atoms in total. The van der Waals surface area contributed by atoms with Crippen molar-refractivity contribution in [1.82, 2.24) is 0 Å². The summed E-state index contributed by atoms with van der Waals surface area (Å²) in [7, 11) is 1.34. The molecule has 2 aromatic carbocycles. The number of para-hydroxylation sites is 1. The van der Waals surface area contributed by atoms with Gasteiger partial charge in [0, 0.05) is 16.7 Å². The van der Waals surface area contributed by atoms with E-state index in [9.17, 15) is 9.18 Å². The summed E-state index contributed by atoms with van der Waals surface area (Å²) >= 11 is 3.31. The first-order chi connectivity index (χ1) is 9.61. The molecule has 2 aromatic rings. The van der Waals surface area contributed by atoms with Crippen molar-refractivity contribution in [2.45, 2.75) is 6.54 Å². The van der Waals surface area contributed by atoms with Gasteiger partial charge in [0.1, 0.15) is 5.82 Å². The SMILES string of the molecule is COC(=O)c1ccccc1NCc1ccc(F)cc1Br. The van der Waals surface area contributed by atoms with Crippen LogP contribution in [0.25, 0.3) is 0 Å². The zero-order valence-electron chi connectivity index (χ0n) is 10.8. The third kappa shape index (κ3) is 3.36. The van der Waals surface area contributed by atoms with Crippen LogP contribution in [0.15, 0.2) is 46.9 Å². The van der Waals surface area contributed by atoms with Gasteiger partial charge in [0.2, 0.25) is 0 Å². The Morgan fingerprint density at radius 1 is 1.30 bits per heavy atom. The zero-order valence-corrected chi connectivity index (χ0v) is 12.4. The van der Waals surface area contributed by atoms with E-state index in [4.69, 9.17) is 4.74 Å². The molecule has 0 radical (unpaired) electrons. The van der Waals surface area contributed by atoms with Gasteiger partial charge < -0.3 is 10.1 Å². The molecule has 0 amide bonds. The van der Waals surface area contributed by atoms with Crippen molar-refractivity contribution in [2.75, 3.05) is 12.4 Å². The van der Waals surface area contributed by atoms with Gasteiger partial charge in [-0.25, -0.2) is 9.18 Å². The summed E-state index contributed by atoms with van der Waals surface area (Å²) in [6, 6.07) is 11.6. The number of halogens is 2. The Morgan fingerprint density at radius 3 is 2.75 bits per heavy atom. The minimum atomic E-state index is -0.397. The first-order valence-corrected chi connectivity index (χ1v) is 6.76. The van der Waals surface area contributed by atoms with Crippen LogP contribution in [0.1, 0.15) is 15.9 Å². The topological polar surface area (TPSA) is 38.3 Å². The molecule has 104 valence electrons. The highest BCUT2D eigenvalue weighted by atomic mass is 79.9. The van der Waals surface area contributed by atoms with Crippen molar-refractivity contribution >= 4 is 27.6 Å². The normalized spacial score (nSPS) is 10.2. The summed E-state index contributed by atoms with van der Waals surface area (Å²) in [5, 5.41) is 3.15. The van der Waals surface area contributed by atoms with Crippen LogP contribution in [0, 0.1) is 5.82 Å². The van der Waals surface area contributed by atoms with Crippen molar-refractivity contribution in [2.24, 2.45) is 0 Å². The van der Waals surface area contributed by atoms with E-state index in [-0.39, 0.29) is 5.82 Å². The van der Waals surface area contributed by atoms with Crippen LogP contribution in [0.3, 0.4) is 0 Å². The standard InChI is InChI=1S/C15H13BrFNO2/c1-20-15(19)12-4-2-3-5-14(12)18-9-10-6-7-11(17)8-13(10)16/h2-8,18H,9H2,1H3. The minimum Gasteiger partial charge on any atom is -0.465 e. The molecule has 2 rings (SSSR count). The molecule has 0 unspecified atom stereocenters. The van der Waals surface area contributed by atoms with E-state index in [1.807, 2.05) is 6.07 Å². The third-order valence-corrected chi connectivity index (χ3v) is 3.55. The number of ether oxygens (including phenoxy) is 1. The van der Waals surface area contributed by atoms with Crippen LogP contribution in [0.4, 0.5) is 10.1 Å².